The van der Waals surface area contributed by atoms with Crippen LogP contribution in [0.1, 0.15) is 37.8 Å². The summed E-state index contributed by atoms with van der Waals surface area (Å²) in [5.74, 6) is 1.31. The van der Waals surface area contributed by atoms with Crippen molar-refractivity contribution < 1.29 is 19.1 Å². The van der Waals surface area contributed by atoms with Crippen LogP contribution in [-0.4, -0.2) is 43.0 Å². The van der Waals surface area contributed by atoms with E-state index >= 15 is 0 Å². The Kier molecular flexibility index (Phi) is 9.19. The molecular formula is C24H32N2O4. The number of nitrogens with zero attached hydrogens (tertiary/aromatic N) is 1. The Hall–Kier alpha value is -3.02. The van der Waals surface area contributed by atoms with Gasteiger partial charge in [0, 0.05) is 19.5 Å². The fraction of sp³-hybridized carbons (Fsp3) is 0.417. The van der Waals surface area contributed by atoms with Crippen LogP contribution >= 0.6 is 0 Å². The van der Waals surface area contributed by atoms with Crippen molar-refractivity contribution in [2.75, 3.05) is 20.3 Å². The van der Waals surface area contributed by atoms with Gasteiger partial charge in [0.2, 0.25) is 11.8 Å². The average molecular weight is 413 g/mol. The molecule has 0 radical (unpaired) electrons. The molecular weight excluding hydrogens is 380 g/mol. The second kappa shape index (κ2) is 11.9. The molecule has 0 heterocycles. The van der Waals surface area contributed by atoms with Crippen molar-refractivity contribution in [3.05, 3.63) is 59.7 Å². The number of aryl methyl sites for hydroxylation is 1. The van der Waals surface area contributed by atoms with Crippen molar-refractivity contribution >= 4 is 11.8 Å². The fourth-order valence-electron chi connectivity index (χ4n) is 3.02. The molecule has 1 N–H and O–H groups in total. The Bertz CT molecular complexity index is 803. The van der Waals surface area contributed by atoms with Gasteiger partial charge in [0.1, 0.15) is 17.5 Å². The first-order chi connectivity index (χ1) is 14.4. The van der Waals surface area contributed by atoms with Gasteiger partial charge in [-0.25, -0.2) is 0 Å². The quantitative estimate of drug-likeness (QED) is 0.571. The van der Waals surface area contributed by atoms with Crippen molar-refractivity contribution in [3.63, 3.8) is 0 Å². The first-order valence-electron chi connectivity index (χ1n) is 10.3. The second-order valence-electron chi connectivity index (χ2n) is 7.21. The number of hydrogen-bond donors (Lipinski definition) is 1. The highest BCUT2D eigenvalue weighted by molar-refractivity contribution is 5.87. The van der Waals surface area contributed by atoms with Crippen molar-refractivity contribution in [2.24, 2.45) is 0 Å². The molecule has 0 aliphatic rings. The van der Waals surface area contributed by atoms with Gasteiger partial charge in [-0.1, -0.05) is 29.8 Å². The summed E-state index contributed by atoms with van der Waals surface area (Å²) in [5.41, 5.74) is 2.11. The molecule has 1 atom stereocenters. The van der Waals surface area contributed by atoms with E-state index in [1.165, 1.54) is 5.56 Å². The number of carbonyl (C=O) groups is 2. The summed E-state index contributed by atoms with van der Waals surface area (Å²) in [6.45, 7) is 6.98. The molecule has 0 bridgehead atoms. The largest absolute Gasteiger partial charge is 0.497 e. The number of likely N-dealkylation sites (N-methyl/N-ethyl adjacent to an activating group) is 1. The number of carbonyl (C=O) groups excluding carboxylic acids is 2. The van der Waals surface area contributed by atoms with Gasteiger partial charge in [0.05, 0.1) is 13.7 Å². The highest BCUT2D eigenvalue weighted by Crippen LogP contribution is 2.16. The molecule has 0 saturated heterocycles. The predicted molar refractivity (Wildman–Crippen MR) is 118 cm³/mol. The van der Waals surface area contributed by atoms with E-state index in [0.29, 0.717) is 32.5 Å². The number of benzene rings is 2. The number of amides is 2. The van der Waals surface area contributed by atoms with Crippen molar-refractivity contribution in [3.8, 4) is 11.5 Å². The Morgan fingerprint density at radius 3 is 2.27 bits per heavy atom. The minimum Gasteiger partial charge on any atom is -0.497 e. The van der Waals surface area contributed by atoms with Crippen LogP contribution in [0, 0.1) is 6.92 Å². The van der Waals surface area contributed by atoms with Gasteiger partial charge in [-0.15, -0.1) is 0 Å². The van der Waals surface area contributed by atoms with Crippen LogP contribution in [0.15, 0.2) is 48.5 Å². The van der Waals surface area contributed by atoms with Crippen molar-refractivity contribution in [2.45, 2.75) is 46.2 Å². The monoisotopic (exact) mass is 412 g/mol. The molecule has 2 aromatic carbocycles. The Labute approximate surface area is 179 Å². The summed E-state index contributed by atoms with van der Waals surface area (Å²) in [5, 5.41) is 2.80. The predicted octanol–water partition coefficient (Wildman–Crippen LogP) is 3.72. The smallest absolute Gasteiger partial charge is 0.242 e. The molecule has 2 amide bonds. The van der Waals surface area contributed by atoms with E-state index < -0.39 is 6.04 Å². The molecule has 0 fully saturated rings. The zero-order valence-electron chi connectivity index (χ0n) is 18.3. The zero-order chi connectivity index (χ0) is 21.9. The van der Waals surface area contributed by atoms with E-state index in [1.54, 1.807) is 18.9 Å². The molecule has 6 nitrogen and oxygen atoms in total. The van der Waals surface area contributed by atoms with E-state index in [-0.39, 0.29) is 11.8 Å². The van der Waals surface area contributed by atoms with Gasteiger partial charge in [0.15, 0.2) is 0 Å². The normalized spacial score (nSPS) is 11.5. The summed E-state index contributed by atoms with van der Waals surface area (Å²) in [6, 6.07) is 14.8. The number of hydrogen-bond acceptors (Lipinski definition) is 4. The lowest BCUT2D eigenvalue weighted by molar-refractivity contribution is -0.140. The number of rotatable bonds is 11. The standard InChI is InChI=1S/C24H32N2O4/c1-5-25-24(28)19(3)26(17-20-10-14-21(29-4)15-11-20)23(27)7-6-16-30-22-12-8-18(2)9-13-22/h8-15,19H,5-7,16-17H2,1-4H3,(H,25,28). The van der Waals surface area contributed by atoms with E-state index in [2.05, 4.69) is 5.32 Å². The van der Waals surface area contributed by atoms with Crippen LogP contribution in [0.25, 0.3) is 0 Å². The van der Waals surface area contributed by atoms with Crippen LogP contribution in [0.2, 0.25) is 0 Å². The Balaban J connectivity index is 1.97. The Morgan fingerprint density at radius 2 is 1.67 bits per heavy atom. The van der Waals surface area contributed by atoms with Gasteiger partial charge in [0.25, 0.3) is 0 Å². The van der Waals surface area contributed by atoms with Gasteiger partial charge in [-0.3, -0.25) is 9.59 Å². The molecule has 2 rings (SSSR count). The first kappa shape index (κ1) is 23.3. The second-order valence-corrected chi connectivity index (χ2v) is 7.21. The van der Waals surface area contributed by atoms with E-state index in [9.17, 15) is 9.59 Å². The average Bonchev–Trinajstić information content (AvgIpc) is 2.76. The van der Waals surface area contributed by atoms with Crippen molar-refractivity contribution in [1.29, 1.82) is 0 Å². The van der Waals surface area contributed by atoms with Crippen LogP contribution in [-0.2, 0) is 16.1 Å². The summed E-state index contributed by atoms with van der Waals surface area (Å²) in [7, 11) is 1.61. The summed E-state index contributed by atoms with van der Waals surface area (Å²) < 4.78 is 10.9. The summed E-state index contributed by atoms with van der Waals surface area (Å²) in [6.07, 6.45) is 0.889. The van der Waals surface area contributed by atoms with Gasteiger partial charge < -0.3 is 19.7 Å². The molecule has 162 valence electrons. The van der Waals surface area contributed by atoms with E-state index in [1.807, 2.05) is 62.4 Å². The zero-order valence-corrected chi connectivity index (χ0v) is 18.3. The highest BCUT2D eigenvalue weighted by atomic mass is 16.5. The molecule has 1 unspecified atom stereocenters. The fourth-order valence-corrected chi connectivity index (χ4v) is 3.02. The Morgan fingerprint density at radius 1 is 1.03 bits per heavy atom. The van der Waals surface area contributed by atoms with Crippen LogP contribution < -0.4 is 14.8 Å². The third kappa shape index (κ3) is 7.10. The van der Waals surface area contributed by atoms with Gasteiger partial charge in [-0.2, -0.15) is 0 Å². The summed E-state index contributed by atoms with van der Waals surface area (Å²) >= 11 is 0. The molecule has 2 aromatic rings. The first-order valence-corrected chi connectivity index (χ1v) is 10.3. The summed E-state index contributed by atoms with van der Waals surface area (Å²) in [4.78, 5) is 26.9. The SMILES string of the molecule is CCNC(=O)C(C)N(Cc1ccc(OC)cc1)C(=O)CCCOc1ccc(C)cc1. The number of methoxy groups -OCH3 is 1. The lowest BCUT2D eigenvalue weighted by Gasteiger charge is -2.29. The third-order valence-corrected chi connectivity index (χ3v) is 4.85. The maximum atomic E-state index is 12.9. The minimum absolute atomic E-state index is 0.0722. The number of ether oxygens (including phenoxy) is 2. The molecule has 0 spiro atoms. The molecule has 30 heavy (non-hydrogen) atoms. The molecule has 0 aliphatic heterocycles. The maximum absolute atomic E-state index is 12.9. The number of nitrogens with one attached hydrogen (secondary N) is 1. The lowest BCUT2D eigenvalue weighted by Crippen LogP contribution is -2.47. The lowest BCUT2D eigenvalue weighted by atomic mass is 10.1. The van der Waals surface area contributed by atoms with E-state index in [4.69, 9.17) is 9.47 Å². The van der Waals surface area contributed by atoms with Crippen LogP contribution in [0.4, 0.5) is 0 Å². The van der Waals surface area contributed by atoms with Gasteiger partial charge >= 0.3 is 0 Å². The highest BCUT2D eigenvalue weighted by Gasteiger charge is 2.25. The molecule has 0 aliphatic carbocycles. The van der Waals surface area contributed by atoms with Crippen LogP contribution in [0.3, 0.4) is 0 Å². The van der Waals surface area contributed by atoms with Crippen LogP contribution in [0.5, 0.6) is 11.5 Å². The van der Waals surface area contributed by atoms with Gasteiger partial charge in [-0.05, 0) is 57.0 Å². The molecule has 0 aromatic heterocycles. The molecule has 0 saturated carbocycles. The maximum Gasteiger partial charge on any atom is 0.242 e. The van der Waals surface area contributed by atoms with Crippen molar-refractivity contribution in [1.82, 2.24) is 10.2 Å². The minimum atomic E-state index is -0.558. The third-order valence-electron chi connectivity index (χ3n) is 4.85. The molecule has 6 heteroatoms. The van der Waals surface area contributed by atoms with E-state index in [0.717, 1.165) is 17.1 Å². The topological polar surface area (TPSA) is 67.9 Å².